The minimum atomic E-state index is -4.97. The van der Waals surface area contributed by atoms with E-state index in [4.69, 9.17) is 11.5 Å². The van der Waals surface area contributed by atoms with Crippen LogP contribution in [0.2, 0.25) is 0 Å². The van der Waals surface area contributed by atoms with E-state index in [0.29, 0.717) is 24.3 Å². The molecule has 0 aliphatic rings. The van der Waals surface area contributed by atoms with Crippen molar-refractivity contribution in [3.8, 4) is 11.5 Å². The second-order valence-electron chi connectivity index (χ2n) is 11.6. The van der Waals surface area contributed by atoms with Gasteiger partial charge < -0.3 is 30.8 Å². The molecule has 26 nitrogen and oxygen atoms in total. The zero-order valence-electron chi connectivity index (χ0n) is 29.4. The van der Waals surface area contributed by atoms with Gasteiger partial charge in [-0.15, -0.1) is 11.4 Å². The SMILES string of the molecule is [Cr+3].[NH-]c1c(N=Nc2cc([N+](=O)[O-])cc([N+](=O)[O-])c2[O-])cc(S(=O)(=O)[O-])c2ccccc12.[NH-]c1c(N=Nc2cc([N+](=O)[O-])cc([N+](=O)[O-])c2[O-])cc(S(=O)(=O)[O-])c2ccccc12. The quantitative estimate of drug-likeness (QED) is 0.0556. The van der Waals surface area contributed by atoms with Gasteiger partial charge in [0.25, 0.3) is 22.7 Å². The van der Waals surface area contributed by atoms with Gasteiger partial charge in [0.15, 0.2) is 0 Å². The van der Waals surface area contributed by atoms with Gasteiger partial charge in [0.05, 0.1) is 64.4 Å². The van der Waals surface area contributed by atoms with Crippen LogP contribution in [0.15, 0.2) is 115 Å². The molecule has 0 heterocycles. The first-order chi connectivity index (χ1) is 28.0. The van der Waals surface area contributed by atoms with Gasteiger partial charge >= 0.3 is 17.4 Å². The summed E-state index contributed by atoms with van der Waals surface area (Å²) >= 11 is 0. The van der Waals surface area contributed by atoms with Crippen molar-refractivity contribution in [3.05, 3.63) is 137 Å². The van der Waals surface area contributed by atoms with Crippen LogP contribution in [-0.4, -0.2) is 45.6 Å². The van der Waals surface area contributed by atoms with E-state index in [9.17, 15) is 76.6 Å². The number of hydrogen-bond acceptors (Lipinski definition) is 20. The molecule has 0 saturated heterocycles. The van der Waals surface area contributed by atoms with Crippen molar-refractivity contribution >= 4 is 98.7 Å². The normalized spacial score (nSPS) is 11.6. The number of fused-ring (bicyclic) bond motifs is 2. The third-order valence-corrected chi connectivity index (χ3v) is 9.68. The first kappa shape index (κ1) is 45.9. The Labute approximate surface area is 349 Å². The maximum absolute atomic E-state index is 12.1. The Kier molecular flexibility index (Phi) is 13.2. The molecule has 1 radical (unpaired) electrons. The van der Waals surface area contributed by atoms with E-state index in [-0.39, 0.29) is 50.3 Å². The molecule has 0 atom stereocenters. The van der Waals surface area contributed by atoms with Crippen LogP contribution in [0, 0.1) is 40.5 Å². The summed E-state index contributed by atoms with van der Waals surface area (Å²) in [5, 5.41) is 82.1. The van der Waals surface area contributed by atoms with Crippen molar-refractivity contribution in [2.75, 3.05) is 0 Å². The number of nitrogens with zero attached hydrogens (tertiary/aromatic N) is 8. The van der Waals surface area contributed by atoms with E-state index in [2.05, 4.69) is 20.5 Å². The molecule has 0 aromatic heterocycles. The molecular formula is C32H16CrN10O16S2-3. The molecule has 311 valence electrons. The Morgan fingerprint density at radius 3 is 1.03 bits per heavy atom. The largest absolute Gasteiger partial charge is 3.00 e. The number of nitro benzene ring substituents is 4. The second-order valence-corrected chi connectivity index (χ2v) is 14.3. The molecule has 6 aromatic rings. The number of benzene rings is 6. The number of nitrogens with one attached hydrogen (secondary N) is 2. The molecule has 0 fully saturated rings. The number of nitro groups is 4. The molecule has 6 rings (SSSR count). The van der Waals surface area contributed by atoms with Crippen molar-refractivity contribution < 1.29 is 73.2 Å². The van der Waals surface area contributed by atoms with Gasteiger partial charge in [-0.05, 0) is 33.7 Å². The molecule has 29 heteroatoms. The van der Waals surface area contributed by atoms with Crippen molar-refractivity contribution in [3.63, 3.8) is 0 Å². The fraction of sp³-hybridized carbons (Fsp3) is 0. The van der Waals surface area contributed by atoms with Crippen LogP contribution >= 0.6 is 0 Å². The standard InChI is InChI=1S/2C16H10N5O8S.Cr/c2*17-15-10-4-2-1-3-9(10)14(30(27,28)29)7-11(15)18-19-12-5-8(20(23)24)6-13(16(12)22)21(25)26;/h2*1-7H,(H3-,17,18,19,22,27,28,29);/q2*-1;+3/p-4. The van der Waals surface area contributed by atoms with E-state index in [1.165, 1.54) is 48.5 Å². The average molecular weight is 913 g/mol. The van der Waals surface area contributed by atoms with Gasteiger partial charge in [0, 0.05) is 23.6 Å². The monoisotopic (exact) mass is 912 g/mol. The van der Waals surface area contributed by atoms with Gasteiger partial charge in [-0.2, -0.15) is 20.5 Å². The molecule has 0 amide bonds. The predicted molar refractivity (Wildman–Crippen MR) is 199 cm³/mol. The predicted octanol–water partition coefficient (Wildman–Crippen LogP) is 7.46. The Morgan fingerprint density at radius 2 is 0.754 bits per heavy atom. The van der Waals surface area contributed by atoms with Gasteiger partial charge in [-0.3, -0.25) is 40.5 Å². The summed E-state index contributed by atoms with van der Waals surface area (Å²) in [5.74, 6) is -2.53. The van der Waals surface area contributed by atoms with Crippen LogP contribution in [0.5, 0.6) is 11.5 Å². The molecule has 0 saturated carbocycles. The Morgan fingerprint density at radius 1 is 0.459 bits per heavy atom. The Hall–Kier alpha value is -7.81. The topological polar surface area (TPSA) is 430 Å². The minimum Gasteiger partial charge on any atom is -0.866 e. The molecule has 0 spiro atoms. The van der Waals surface area contributed by atoms with Crippen LogP contribution < -0.4 is 10.2 Å². The fourth-order valence-corrected chi connectivity index (χ4v) is 6.65. The Balaban J connectivity index is 0.000000264. The molecule has 6 aromatic carbocycles. The fourth-order valence-electron chi connectivity index (χ4n) is 5.24. The third-order valence-electron chi connectivity index (χ3n) is 7.93. The van der Waals surface area contributed by atoms with E-state index < -0.39 is 107 Å². The number of hydrogen-bond donors (Lipinski definition) is 0. The smallest absolute Gasteiger partial charge is 0.866 e. The number of azo groups is 2. The first-order valence-corrected chi connectivity index (χ1v) is 18.4. The van der Waals surface area contributed by atoms with E-state index in [0.717, 1.165) is 12.1 Å². The average Bonchev–Trinajstić information content (AvgIpc) is 3.17. The van der Waals surface area contributed by atoms with Crippen molar-refractivity contribution in [2.45, 2.75) is 9.79 Å². The molecule has 0 bridgehead atoms. The summed E-state index contributed by atoms with van der Waals surface area (Å²) in [5.41, 5.74) is 9.40. The van der Waals surface area contributed by atoms with E-state index in [1.807, 2.05) is 0 Å². The van der Waals surface area contributed by atoms with E-state index in [1.54, 1.807) is 0 Å². The summed E-state index contributed by atoms with van der Waals surface area (Å²) in [6, 6.07) is 15.0. The summed E-state index contributed by atoms with van der Waals surface area (Å²) in [6.45, 7) is 0. The zero-order valence-corrected chi connectivity index (χ0v) is 32.3. The van der Waals surface area contributed by atoms with Crippen LogP contribution in [0.1, 0.15) is 0 Å². The molecule has 61 heavy (non-hydrogen) atoms. The molecular weight excluding hydrogens is 897 g/mol. The Bertz CT molecular complexity index is 2920. The summed E-state index contributed by atoms with van der Waals surface area (Å²) in [7, 11) is -9.94. The second kappa shape index (κ2) is 17.6. The summed E-state index contributed by atoms with van der Waals surface area (Å²) < 4.78 is 69.5. The van der Waals surface area contributed by atoms with Crippen LogP contribution in [0.4, 0.5) is 56.9 Å². The number of rotatable bonds is 10. The summed E-state index contributed by atoms with van der Waals surface area (Å²) in [4.78, 5) is 38.2. The first-order valence-electron chi connectivity index (χ1n) is 15.6. The maximum Gasteiger partial charge on any atom is 3.00 e. The van der Waals surface area contributed by atoms with Crippen molar-refractivity contribution in [1.29, 1.82) is 0 Å². The third kappa shape index (κ3) is 9.74. The molecule has 0 aliphatic heterocycles. The van der Waals surface area contributed by atoms with Crippen LogP contribution in [0.3, 0.4) is 0 Å². The summed E-state index contributed by atoms with van der Waals surface area (Å²) in [6.07, 6.45) is 0. The van der Waals surface area contributed by atoms with Gasteiger partial charge in [0.2, 0.25) is 0 Å². The molecule has 0 aliphatic carbocycles. The number of non-ortho nitro benzene ring substituents is 2. The van der Waals surface area contributed by atoms with E-state index >= 15 is 0 Å². The van der Waals surface area contributed by atoms with Crippen molar-refractivity contribution in [2.24, 2.45) is 20.5 Å². The molecule has 2 N–H and O–H groups in total. The zero-order chi connectivity index (χ0) is 44.4. The molecule has 0 unspecified atom stereocenters. The van der Waals surface area contributed by atoms with Gasteiger partial charge in [-0.25, -0.2) is 16.8 Å². The minimum absolute atomic E-state index is 0. The van der Waals surface area contributed by atoms with Crippen LogP contribution in [-0.2, 0) is 37.6 Å². The maximum atomic E-state index is 12.1. The van der Waals surface area contributed by atoms with Crippen LogP contribution in [0.25, 0.3) is 33.0 Å². The van der Waals surface area contributed by atoms with Gasteiger partial charge in [0.1, 0.15) is 20.2 Å². The van der Waals surface area contributed by atoms with Gasteiger partial charge in [-0.1, -0.05) is 48.5 Å². The van der Waals surface area contributed by atoms with Crippen molar-refractivity contribution in [1.82, 2.24) is 0 Å².